The van der Waals surface area contributed by atoms with Gasteiger partial charge in [-0.2, -0.15) is 0 Å². The van der Waals surface area contributed by atoms with E-state index in [1.165, 1.54) is 17.3 Å². The maximum absolute atomic E-state index is 12.6. The molecule has 0 saturated heterocycles. The summed E-state index contributed by atoms with van der Waals surface area (Å²) in [4.78, 5) is 17.4. The van der Waals surface area contributed by atoms with E-state index in [2.05, 4.69) is 31.3 Å². The van der Waals surface area contributed by atoms with Crippen molar-refractivity contribution in [2.75, 3.05) is 14.2 Å². The van der Waals surface area contributed by atoms with E-state index in [-0.39, 0.29) is 11.2 Å². The third-order valence-electron chi connectivity index (χ3n) is 4.81. The normalized spacial score (nSPS) is 11.9. The number of nitrogens with one attached hydrogen (secondary N) is 1. The van der Waals surface area contributed by atoms with Crippen LogP contribution in [0.4, 0.5) is 0 Å². The summed E-state index contributed by atoms with van der Waals surface area (Å²) in [5, 5.41) is 4.74. The summed E-state index contributed by atoms with van der Waals surface area (Å²) in [5.41, 5.74) is 4.24. The van der Waals surface area contributed by atoms with Gasteiger partial charge in [-0.25, -0.2) is 4.98 Å². The number of methoxy groups -OCH3 is 2. The first kappa shape index (κ1) is 21.0. The van der Waals surface area contributed by atoms with Crippen LogP contribution in [0.25, 0.3) is 10.9 Å². The van der Waals surface area contributed by atoms with Crippen molar-refractivity contribution in [2.45, 2.75) is 37.6 Å². The molecule has 0 fully saturated rings. The van der Waals surface area contributed by atoms with Crippen LogP contribution in [-0.2, 0) is 11.3 Å². The molecular weight excluding hydrogens is 384 g/mol. The second-order valence-electron chi connectivity index (χ2n) is 6.92. The Morgan fingerprint density at radius 2 is 1.83 bits per heavy atom. The molecule has 6 heteroatoms. The number of ether oxygens (including phenoxy) is 2. The molecule has 0 aliphatic heterocycles. The summed E-state index contributed by atoms with van der Waals surface area (Å²) in [7, 11) is 3.20. The molecule has 0 aliphatic carbocycles. The van der Waals surface area contributed by atoms with Gasteiger partial charge in [-0.1, -0.05) is 36.0 Å². The van der Waals surface area contributed by atoms with Crippen LogP contribution in [0.15, 0.2) is 47.5 Å². The molecule has 0 spiro atoms. The number of nitrogens with zero attached hydrogens (tertiary/aromatic N) is 1. The van der Waals surface area contributed by atoms with Crippen LogP contribution in [0.3, 0.4) is 0 Å². The Kier molecular flexibility index (Phi) is 6.64. The Hall–Kier alpha value is -2.73. The molecule has 1 heterocycles. The van der Waals surface area contributed by atoms with E-state index in [4.69, 9.17) is 14.5 Å². The lowest BCUT2D eigenvalue weighted by Crippen LogP contribution is -2.30. The number of carbonyl (C=O) groups excluding carboxylic acids is 1. The maximum atomic E-state index is 12.6. The van der Waals surface area contributed by atoms with Crippen molar-refractivity contribution in [3.05, 3.63) is 59.2 Å². The second kappa shape index (κ2) is 9.18. The van der Waals surface area contributed by atoms with Crippen LogP contribution < -0.4 is 14.8 Å². The number of thioether (sulfide) groups is 1. The summed E-state index contributed by atoms with van der Waals surface area (Å²) in [6, 6.07) is 13.8. The van der Waals surface area contributed by atoms with Gasteiger partial charge in [-0.05, 0) is 55.7 Å². The molecule has 0 unspecified atom stereocenters. The zero-order valence-corrected chi connectivity index (χ0v) is 18.2. The zero-order chi connectivity index (χ0) is 21.0. The second-order valence-corrected chi connectivity index (χ2v) is 8.28. The Labute approximate surface area is 175 Å². The van der Waals surface area contributed by atoms with Gasteiger partial charge >= 0.3 is 0 Å². The van der Waals surface area contributed by atoms with Gasteiger partial charge in [0.25, 0.3) is 0 Å². The fourth-order valence-electron chi connectivity index (χ4n) is 3.15. The van der Waals surface area contributed by atoms with Gasteiger partial charge in [-0.15, -0.1) is 0 Å². The van der Waals surface area contributed by atoms with Crippen LogP contribution in [-0.4, -0.2) is 30.4 Å². The van der Waals surface area contributed by atoms with Crippen molar-refractivity contribution in [3.63, 3.8) is 0 Å². The molecule has 0 radical (unpaired) electrons. The third-order valence-corrected chi connectivity index (χ3v) is 5.82. The molecule has 152 valence electrons. The van der Waals surface area contributed by atoms with Gasteiger partial charge in [0.05, 0.1) is 30.0 Å². The van der Waals surface area contributed by atoms with E-state index >= 15 is 0 Å². The van der Waals surface area contributed by atoms with E-state index in [9.17, 15) is 4.79 Å². The van der Waals surface area contributed by atoms with Crippen molar-refractivity contribution in [2.24, 2.45) is 0 Å². The van der Waals surface area contributed by atoms with Gasteiger partial charge in [0.15, 0.2) is 11.5 Å². The summed E-state index contributed by atoms with van der Waals surface area (Å²) in [6.45, 7) is 6.46. The van der Waals surface area contributed by atoms with Gasteiger partial charge in [0.2, 0.25) is 5.91 Å². The molecular formula is C23H26N2O3S. The predicted molar refractivity (Wildman–Crippen MR) is 118 cm³/mol. The minimum atomic E-state index is -0.261. The average molecular weight is 411 g/mol. The monoisotopic (exact) mass is 410 g/mol. The Morgan fingerprint density at radius 3 is 2.55 bits per heavy atom. The van der Waals surface area contributed by atoms with Crippen molar-refractivity contribution in [1.29, 1.82) is 0 Å². The molecule has 5 nitrogen and oxygen atoms in total. The van der Waals surface area contributed by atoms with Crippen LogP contribution in [0, 0.1) is 13.8 Å². The molecule has 1 atom stereocenters. The number of para-hydroxylation sites is 1. The number of benzene rings is 2. The number of carbonyl (C=O) groups is 1. The van der Waals surface area contributed by atoms with E-state index in [1.54, 1.807) is 14.2 Å². The molecule has 29 heavy (non-hydrogen) atoms. The van der Waals surface area contributed by atoms with E-state index in [1.807, 2.05) is 37.3 Å². The smallest absolute Gasteiger partial charge is 0.233 e. The van der Waals surface area contributed by atoms with Crippen LogP contribution in [0.1, 0.15) is 23.6 Å². The fraction of sp³-hybridized carbons (Fsp3) is 0.304. The van der Waals surface area contributed by atoms with E-state index in [0.717, 1.165) is 27.1 Å². The minimum Gasteiger partial charge on any atom is -0.493 e. The van der Waals surface area contributed by atoms with Crippen LogP contribution in [0.5, 0.6) is 11.5 Å². The highest BCUT2D eigenvalue weighted by molar-refractivity contribution is 8.00. The SMILES string of the molecule is COc1ccc(CNC(=O)[C@H](C)Sc2cc(C)c3cccc(C)c3n2)cc1OC. The first-order chi connectivity index (χ1) is 13.9. The maximum Gasteiger partial charge on any atom is 0.233 e. The quantitative estimate of drug-likeness (QED) is 0.574. The highest BCUT2D eigenvalue weighted by atomic mass is 32.2. The lowest BCUT2D eigenvalue weighted by molar-refractivity contribution is -0.120. The summed E-state index contributed by atoms with van der Waals surface area (Å²) in [5.74, 6) is 1.28. The number of rotatable bonds is 7. The van der Waals surface area contributed by atoms with Crippen LogP contribution in [0.2, 0.25) is 0 Å². The van der Waals surface area contributed by atoms with E-state index in [0.29, 0.717) is 18.0 Å². The topological polar surface area (TPSA) is 60.5 Å². The Balaban J connectivity index is 1.67. The van der Waals surface area contributed by atoms with Gasteiger partial charge in [0.1, 0.15) is 0 Å². The lowest BCUT2D eigenvalue weighted by Gasteiger charge is -2.14. The van der Waals surface area contributed by atoms with Gasteiger partial charge in [0, 0.05) is 11.9 Å². The van der Waals surface area contributed by atoms with Crippen molar-refractivity contribution < 1.29 is 14.3 Å². The minimum absolute atomic E-state index is 0.0332. The third kappa shape index (κ3) is 4.82. The van der Waals surface area contributed by atoms with Crippen molar-refractivity contribution in [1.82, 2.24) is 10.3 Å². The molecule has 3 rings (SSSR count). The number of pyridine rings is 1. The first-order valence-electron chi connectivity index (χ1n) is 9.45. The number of hydrogen-bond acceptors (Lipinski definition) is 5. The number of hydrogen-bond donors (Lipinski definition) is 1. The zero-order valence-electron chi connectivity index (χ0n) is 17.4. The highest BCUT2D eigenvalue weighted by Gasteiger charge is 2.16. The number of aryl methyl sites for hydroxylation is 2. The lowest BCUT2D eigenvalue weighted by atomic mass is 10.1. The van der Waals surface area contributed by atoms with Crippen molar-refractivity contribution >= 4 is 28.6 Å². The summed E-state index contributed by atoms with van der Waals surface area (Å²) in [6.07, 6.45) is 0. The first-order valence-corrected chi connectivity index (χ1v) is 10.3. The highest BCUT2D eigenvalue weighted by Crippen LogP contribution is 2.29. The standard InChI is InChI=1S/C23H26N2O3S/c1-14-7-6-8-18-15(2)11-21(25-22(14)18)29-16(3)23(26)24-13-17-9-10-19(27-4)20(12-17)28-5/h6-12,16H,13H2,1-5H3,(H,24,26)/t16-/m0/s1. The molecule has 1 amide bonds. The fourth-order valence-corrected chi connectivity index (χ4v) is 4.09. The van der Waals surface area contributed by atoms with Gasteiger partial charge < -0.3 is 14.8 Å². The van der Waals surface area contributed by atoms with E-state index < -0.39 is 0 Å². The molecule has 1 N–H and O–H groups in total. The molecule has 3 aromatic rings. The molecule has 0 aliphatic rings. The van der Waals surface area contributed by atoms with Crippen LogP contribution >= 0.6 is 11.8 Å². The molecule has 1 aromatic heterocycles. The Bertz CT molecular complexity index is 1040. The molecule has 0 bridgehead atoms. The van der Waals surface area contributed by atoms with Crippen molar-refractivity contribution in [3.8, 4) is 11.5 Å². The predicted octanol–water partition coefficient (Wildman–Crippen LogP) is 4.67. The number of fused-ring (bicyclic) bond motifs is 1. The summed E-state index contributed by atoms with van der Waals surface area (Å²) < 4.78 is 10.6. The number of amides is 1. The molecule has 2 aromatic carbocycles. The largest absolute Gasteiger partial charge is 0.493 e. The molecule has 0 saturated carbocycles. The Morgan fingerprint density at radius 1 is 1.07 bits per heavy atom. The average Bonchev–Trinajstić information content (AvgIpc) is 2.72. The summed E-state index contributed by atoms with van der Waals surface area (Å²) >= 11 is 1.47. The number of aromatic nitrogens is 1. The van der Waals surface area contributed by atoms with Gasteiger partial charge in [-0.3, -0.25) is 4.79 Å².